The Morgan fingerprint density at radius 3 is 2.26 bits per heavy atom. The van der Waals surface area contributed by atoms with Crippen molar-refractivity contribution in [3.8, 4) is 0 Å². The molecular weight excluding hydrogens is 262 g/mol. The second-order valence-electron chi connectivity index (χ2n) is 5.77. The molecule has 2 heterocycles. The van der Waals surface area contributed by atoms with Crippen molar-refractivity contribution < 1.29 is 8.42 Å². The molecule has 1 N–H and O–H groups in total. The second-order valence-corrected chi connectivity index (χ2v) is 7.65. The summed E-state index contributed by atoms with van der Waals surface area (Å²) in [7, 11) is -3.26. The van der Waals surface area contributed by atoms with Crippen LogP contribution in [0.15, 0.2) is 0 Å². The van der Waals surface area contributed by atoms with Gasteiger partial charge in [-0.05, 0) is 44.7 Å². The van der Waals surface area contributed by atoms with Gasteiger partial charge >= 0.3 is 0 Å². The van der Waals surface area contributed by atoms with Crippen molar-refractivity contribution in [2.75, 3.05) is 32.7 Å². The fraction of sp³-hybridized carbons (Fsp3) is 1.00. The predicted molar refractivity (Wildman–Crippen MR) is 77.2 cm³/mol. The van der Waals surface area contributed by atoms with Crippen LogP contribution in [-0.2, 0) is 10.2 Å². The number of nitrogens with zero attached hydrogens (tertiary/aromatic N) is 2. The quantitative estimate of drug-likeness (QED) is 0.841. The highest BCUT2D eigenvalue weighted by molar-refractivity contribution is 7.86. The highest BCUT2D eigenvalue weighted by atomic mass is 32.2. The minimum Gasteiger partial charge on any atom is -0.317 e. The van der Waals surface area contributed by atoms with Crippen molar-refractivity contribution in [3.63, 3.8) is 0 Å². The number of hydrogen-bond acceptors (Lipinski definition) is 3. The molecule has 112 valence electrons. The summed E-state index contributed by atoms with van der Waals surface area (Å²) in [5.74, 6) is 0.653. The summed E-state index contributed by atoms with van der Waals surface area (Å²) < 4.78 is 28.9. The molecular formula is C13H27N3O2S. The Kier molecular flexibility index (Phi) is 5.22. The fourth-order valence-electron chi connectivity index (χ4n) is 3.07. The molecule has 2 aliphatic rings. The molecule has 0 saturated carbocycles. The van der Waals surface area contributed by atoms with Gasteiger partial charge in [-0.1, -0.05) is 13.8 Å². The molecule has 0 bridgehead atoms. The van der Waals surface area contributed by atoms with Gasteiger partial charge in [0.1, 0.15) is 0 Å². The molecule has 0 spiro atoms. The Balaban J connectivity index is 2.07. The van der Waals surface area contributed by atoms with Crippen LogP contribution in [0.2, 0.25) is 0 Å². The zero-order valence-corrected chi connectivity index (χ0v) is 13.0. The maximum Gasteiger partial charge on any atom is 0.282 e. The molecule has 19 heavy (non-hydrogen) atoms. The van der Waals surface area contributed by atoms with Crippen LogP contribution in [0.25, 0.3) is 0 Å². The maximum atomic E-state index is 12.8. The number of rotatable bonds is 4. The monoisotopic (exact) mass is 289 g/mol. The van der Waals surface area contributed by atoms with Crippen molar-refractivity contribution in [2.24, 2.45) is 5.92 Å². The Bertz CT molecular complexity index is 371. The van der Waals surface area contributed by atoms with Gasteiger partial charge in [-0.3, -0.25) is 0 Å². The van der Waals surface area contributed by atoms with E-state index in [-0.39, 0.29) is 6.04 Å². The lowest BCUT2D eigenvalue weighted by atomic mass is 10.0. The molecule has 2 aliphatic heterocycles. The minimum absolute atomic E-state index is 0.176. The first-order valence-corrected chi connectivity index (χ1v) is 8.93. The minimum atomic E-state index is -3.26. The topological polar surface area (TPSA) is 52.7 Å². The van der Waals surface area contributed by atoms with E-state index in [9.17, 15) is 8.42 Å². The van der Waals surface area contributed by atoms with Crippen LogP contribution >= 0.6 is 0 Å². The third-order valence-corrected chi connectivity index (χ3v) is 6.56. The van der Waals surface area contributed by atoms with E-state index < -0.39 is 10.2 Å². The SMILES string of the molecule is CCN(C1CCNCC1)S(=O)(=O)N1CCC(C)CC1. The van der Waals surface area contributed by atoms with Gasteiger partial charge in [0.25, 0.3) is 10.2 Å². The molecule has 0 radical (unpaired) electrons. The maximum absolute atomic E-state index is 12.8. The van der Waals surface area contributed by atoms with Gasteiger partial charge in [0.15, 0.2) is 0 Å². The van der Waals surface area contributed by atoms with Crippen LogP contribution in [0.4, 0.5) is 0 Å². The molecule has 0 aliphatic carbocycles. The smallest absolute Gasteiger partial charge is 0.282 e. The second kappa shape index (κ2) is 6.52. The van der Waals surface area contributed by atoms with E-state index in [0.717, 1.165) is 38.8 Å². The van der Waals surface area contributed by atoms with E-state index in [1.165, 1.54) is 0 Å². The average Bonchev–Trinajstić information content (AvgIpc) is 2.41. The third-order valence-electron chi connectivity index (χ3n) is 4.39. The van der Waals surface area contributed by atoms with E-state index in [1.54, 1.807) is 8.61 Å². The first-order chi connectivity index (χ1) is 9.05. The summed E-state index contributed by atoms with van der Waals surface area (Å²) in [6, 6.07) is 0.176. The molecule has 6 heteroatoms. The highest BCUT2D eigenvalue weighted by Gasteiger charge is 2.35. The van der Waals surface area contributed by atoms with Crippen molar-refractivity contribution in [1.29, 1.82) is 0 Å². The third kappa shape index (κ3) is 3.48. The van der Waals surface area contributed by atoms with Crippen molar-refractivity contribution in [2.45, 2.75) is 45.6 Å². The number of hydrogen-bond donors (Lipinski definition) is 1. The molecule has 2 saturated heterocycles. The molecule has 2 rings (SSSR count). The first-order valence-electron chi connectivity index (χ1n) is 7.53. The first kappa shape index (κ1) is 15.2. The fourth-order valence-corrected chi connectivity index (χ4v) is 4.95. The van der Waals surface area contributed by atoms with Crippen molar-refractivity contribution in [1.82, 2.24) is 13.9 Å². The zero-order chi connectivity index (χ0) is 13.9. The Hall–Kier alpha value is -0.170. The Morgan fingerprint density at radius 2 is 1.74 bits per heavy atom. The van der Waals surface area contributed by atoms with Gasteiger partial charge in [-0.2, -0.15) is 17.0 Å². The van der Waals surface area contributed by atoms with Crippen molar-refractivity contribution in [3.05, 3.63) is 0 Å². The standard InChI is InChI=1S/C13H27N3O2S/c1-3-16(13-4-8-14-9-5-13)19(17,18)15-10-6-12(2)7-11-15/h12-14H,3-11H2,1-2H3. The summed E-state index contributed by atoms with van der Waals surface area (Å²) >= 11 is 0. The van der Waals surface area contributed by atoms with E-state index in [4.69, 9.17) is 0 Å². The van der Waals surface area contributed by atoms with Gasteiger partial charge in [-0.25, -0.2) is 0 Å². The van der Waals surface area contributed by atoms with Gasteiger partial charge in [0.2, 0.25) is 0 Å². The van der Waals surface area contributed by atoms with Crippen LogP contribution in [-0.4, -0.2) is 55.8 Å². The van der Waals surface area contributed by atoms with Crippen LogP contribution in [0.3, 0.4) is 0 Å². The molecule has 0 aromatic rings. The molecule has 0 atom stereocenters. The molecule has 0 amide bonds. The molecule has 0 unspecified atom stereocenters. The highest BCUT2D eigenvalue weighted by Crippen LogP contribution is 2.24. The molecule has 0 aromatic carbocycles. The lowest BCUT2D eigenvalue weighted by molar-refractivity contribution is 0.226. The number of nitrogens with one attached hydrogen (secondary N) is 1. The van der Waals surface area contributed by atoms with E-state index in [2.05, 4.69) is 12.2 Å². The van der Waals surface area contributed by atoms with Crippen LogP contribution in [0.1, 0.15) is 39.5 Å². The van der Waals surface area contributed by atoms with Crippen molar-refractivity contribution >= 4 is 10.2 Å². The lowest BCUT2D eigenvalue weighted by Gasteiger charge is -2.38. The van der Waals surface area contributed by atoms with Crippen LogP contribution < -0.4 is 5.32 Å². The largest absolute Gasteiger partial charge is 0.317 e. The van der Waals surface area contributed by atoms with Gasteiger partial charge < -0.3 is 5.32 Å². The summed E-state index contributed by atoms with van der Waals surface area (Å²) in [6.07, 6.45) is 3.83. The zero-order valence-electron chi connectivity index (χ0n) is 12.1. The number of piperidine rings is 2. The van der Waals surface area contributed by atoms with Gasteiger partial charge in [-0.15, -0.1) is 0 Å². The van der Waals surface area contributed by atoms with Gasteiger partial charge in [0.05, 0.1) is 0 Å². The summed E-state index contributed by atoms with van der Waals surface area (Å²) in [5, 5.41) is 3.30. The predicted octanol–water partition coefficient (Wildman–Crippen LogP) is 1.04. The molecule has 0 aromatic heterocycles. The Morgan fingerprint density at radius 1 is 1.16 bits per heavy atom. The summed E-state index contributed by atoms with van der Waals surface area (Å²) in [4.78, 5) is 0. The van der Waals surface area contributed by atoms with Gasteiger partial charge in [0, 0.05) is 25.7 Å². The lowest BCUT2D eigenvalue weighted by Crippen LogP contribution is -2.52. The molecule has 2 fully saturated rings. The summed E-state index contributed by atoms with van der Waals surface area (Å²) in [6.45, 7) is 7.96. The summed E-state index contributed by atoms with van der Waals surface area (Å²) in [5.41, 5.74) is 0. The Labute approximate surface area is 117 Å². The van der Waals surface area contributed by atoms with E-state index in [0.29, 0.717) is 25.6 Å². The van der Waals surface area contributed by atoms with Crippen LogP contribution in [0, 0.1) is 5.92 Å². The van der Waals surface area contributed by atoms with E-state index >= 15 is 0 Å². The average molecular weight is 289 g/mol. The van der Waals surface area contributed by atoms with Crippen LogP contribution in [0.5, 0.6) is 0 Å². The normalized spacial score (nSPS) is 25.0. The molecule has 5 nitrogen and oxygen atoms in total. The van der Waals surface area contributed by atoms with E-state index in [1.807, 2.05) is 6.92 Å².